The number of hydrogen-bond donors (Lipinski definition) is 3. The number of rotatable bonds is 3. The van der Waals surface area contributed by atoms with Crippen LogP contribution in [0.4, 0.5) is 0 Å². The summed E-state index contributed by atoms with van der Waals surface area (Å²) in [6.07, 6.45) is 0. The molecule has 2 rings (SSSR count). The van der Waals surface area contributed by atoms with Crippen LogP contribution in [0.25, 0.3) is 10.6 Å². The van der Waals surface area contributed by atoms with Crippen molar-refractivity contribution >= 4 is 29.1 Å². The van der Waals surface area contributed by atoms with Crippen LogP contribution < -0.4 is 5.32 Å². The van der Waals surface area contributed by atoms with Crippen LogP contribution in [0.5, 0.6) is 0 Å². The molecule has 6 nitrogen and oxygen atoms in total. The van der Waals surface area contributed by atoms with Crippen molar-refractivity contribution in [1.82, 2.24) is 5.32 Å². The Morgan fingerprint density at radius 2 is 2.17 bits per heavy atom. The third-order valence-electron chi connectivity index (χ3n) is 3.57. The van der Waals surface area contributed by atoms with E-state index in [9.17, 15) is 14.7 Å². The van der Waals surface area contributed by atoms with Crippen molar-refractivity contribution in [2.24, 2.45) is 0 Å². The summed E-state index contributed by atoms with van der Waals surface area (Å²) in [4.78, 5) is 28.2. The van der Waals surface area contributed by atoms with E-state index in [1.807, 2.05) is 0 Å². The van der Waals surface area contributed by atoms with Crippen LogP contribution in [0.1, 0.15) is 18.1 Å². The SMILES string of the molecule is [C-]#[N+][C@@]1(C)C(=O)C(C(=O)NCC(=C)O)=C(O)c2cc(Cl)ccc21. The molecular weight excluding hydrogens is 320 g/mol. The first-order valence-electron chi connectivity index (χ1n) is 6.54. The van der Waals surface area contributed by atoms with Gasteiger partial charge in [0.05, 0.1) is 12.1 Å². The van der Waals surface area contributed by atoms with E-state index in [1.54, 1.807) is 0 Å². The van der Waals surface area contributed by atoms with Gasteiger partial charge in [-0.2, -0.15) is 0 Å². The fourth-order valence-corrected chi connectivity index (χ4v) is 2.51. The summed E-state index contributed by atoms with van der Waals surface area (Å²) in [5.74, 6) is -2.57. The highest BCUT2D eigenvalue weighted by Crippen LogP contribution is 2.41. The fraction of sp³-hybridized carbons (Fsp3) is 0.188. The first-order valence-corrected chi connectivity index (χ1v) is 6.92. The predicted molar refractivity (Wildman–Crippen MR) is 84.7 cm³/mol. The summed E-state index contributed by atoms with van der Waals surface area (Å²) in [6.45, 7) is 11.7. The highest BCUT2D eigenvalue weighted by atomic mass is 35.5. The zero-order chi connectivity index (χ0) is 17.4. The van der Waals surface area contributed by atoms with Gasteiger partial charge in [-0.3, -0.25) is 14.4 Å². The Balaban J connectivity index is 2.64. The van der Waals surface area contributed by atoms with Crippen LogP contribution in [0.3, 0.4) is 0 Å². The molecule has 0 bridgehead atoms. The highest BCUT2D eigenvalue weighted by molar-refractivity contribution is 6.32. The summed E-state index contributed by atoms with van der Waals surface area (Å²) < 4.78 is 0. The quantitative estimate of drug-likeness (QED) is 0.450. The molecule has 1 aliphatic carbocycles. The number of amides is 1. The van der Waals surface area contributed by atoms with Crippen LogP contribution in [0.15, 0.2) is 36.1 Å². The average Bonchev–Trinajstić information content (AvgIpc) is 2.50. The molecule has 0 saturated carbocycles. The lowest BCUT2D eigenvalue weighted by Gasteiger charge is -2.26. The summed E-state index contributed by atoms with van der Waals surface area (Å²) in [7, 11) is 0. The van der Waals surface area contributed by atoms with Gasteiger partial charge in [0.25, 0.3) is 11.7 Å². The molecule has 0 fully saturated rings. The Morgan fingerprint density at radius 3 is 2.74 bits per heavy atom. The first kappa shape index (κ1) is 16.6. The number of carbonyl (C=O) groups is 2. The van der Waals surface area contributed by atoms with E-state index in [2.05, 4.69) is 16.7 Å². The van der Waals surface area contributed by atoms with E-state index in [1.165, 1.54) is 25.1 Å². The van der Waals surface area contributed by atoms with Gasteiger partial charge in [-0.05, 0) is 18.2 Å². The first-order chi connectivity index (χ1) is 10.7. The van der Waals surface area contributed by atoms with E-state index < -0.39 is 28.6 Å². The minimum Gasteiger partial charge on any atom is -0.511 e. The number of benzene rings is 1. The average molecular weight is 333 g/mol. The minimum absolute atomic E-state index is 0.156. The zero-order valence-corrected chi connectivity index (χ0v) is 12.9. The molecular formula is C16H13ClN2O4. The topological polar surface area (TPSA) is 91.0 Å². The molecule has 118 valence electrons. The van der Waals surface area contributed by atoms with E-state index in [4.69, 9.17) is 23.3 Å². The van der Waals surface area contributed by atoms with Crippen molar-refractivity contribution in [3.63, 3.8) is 0 Å². The van der Waals surface area contributed by atoms with Crippen LogP contribution in [0, 0.1) is 6.57 Å². The number of ketones is 1. The van der Waals surface area contributed by atoms with Gasteiger partial charge in [0.2, 0.25) is 0 Å². The lowest BCUT2D eigenvalue weighted by Crippen LogP contribution is -2.41. The maximum atomic E-state index is 12.6. The molecule has 1 aliphatic rings. The maximum Gasteiger partial charge on any atom is 0.317 e. The minimum atomic E-state index is -1.64. The Hall–Kier alpha value is -2.78. The summed E-state index contributed by atoms with van der Waals surface area (Å²) in [6, 6.07) is 4.37. The van der Waals surface area contributed by atoms with Gasteiger partial charge in [-0.15, -0.1) is 0 Å². The van der Waals surface area contributed by atoms with Crippen molar-refractivity contribution in [2.45, 2.75) is 12.5 Å². The number of Topliss-reactive ketones (excluding diaryl/α,β-unsaturated/α-hetero) is 1. The molecule has 23 heavy (non-hydrogen) atoms. The number of fused-ring (bicyclic) bond motifs is 1. The molecule has 0 saturated heterocycles. The van der Waals surface area contributed by atoms with Crippen LogP contribution >= 0.6 is 11.6 Å². The van der Waals surface area contributed by atoms with Crippen molar-refractivity contribution in [1.29, 1.82) is 0 Å². The van der Waals surface area contributed by atoms with Crippen molar-refractivity contribution in [3.05, 3.63) is 63.7 Å². The summed E-state index contributed by atoms with van der Waals surface area (Å²) in [5, 5.41) is 21.9. The number of aliphatic hydroxyl groups excluding tert-OH is 2. The molecule has 0 unspecified atom stereocenters. The second kappa shape index (κ2) is 5.78. The molecule has 7 heteroatoms. The van der Waals surface area contributed by atoms with Gasteiger partial charge in [0, 0.05) is 17.5 Å². The molecule has 3 N–H and O–H groups in total. The number of nitrogens with one attached hydrogen (secondary N) is 1. The van der Waals surface area contributed by atoms with Gasteiger partial charge in [0.1, 0.15) is 17.1 Å². The zero-order valence-electron chi connectivity index (χ0n) is 12.2. The Morgan fingerprint density at radius 1 is 1.52 bits per heavy atom. The maximum absolute atomic E-state index is 12.6. The van der Waals surface area contributed by atoms with Crippen LogP contribution in [-0.4, -0.2) is 28.4 Å². The Labute approximate surface area is 137 Å². The van der Waals surface area contributed by atoms with Crippen molar-refractivity contribution in [2.75, 3.05) is 6.54 Å². The smallest absolute Gasteiger partial charge is 0.317 e. The highest BCUT2D eigenvalue weighted by Gasteiger charge is 2.52. The second-order valence-corrected chi connectivity index (χ2v) is 5.61. The van der Waals surface area contributed by atoms with Gasteiger partial charge in [-0.1, -0.05) is 18.2 Å². The van der Waals surface area contributed by atoms with Crippen LogP contribution in [0.2, 0.25) is 5.02 Å². The molecule has 0 spiro atoms. The fourth-order valence-electron chi connectivity index (χ4n) is 2.34. The molecule has 0 heterocycles. The van der Waals surface area contributed by atoms with Crippen LogP contribution in [-0.2, 0) is 15.1 Å². The molecule has 0 aromatic heterocycles. The van der Waals surface area contributed by atoms with E-state index in [0.717, 1.165) is 0 Å². The number of aliphatic hydroxyl groups is 2. The number of halogens is 1. The number of hydrogen-bond acceptors (Lipinski definition) is 4. The van der Waals surface area contributed by atoms with Crippen molar-refractivity contribution in [3.8, 4) is 0 Å². The van der Waals surface area contributed by atoms with Gasteiger partial charge in [0.15, 0.2) is 0 Å². The lowest BCUT2D eigenvalue weighted by molar-refractivity contribution is -0.124. The predicted octanol–water partition coefficient (Wildman–Crippen LogP) is 2.51. The molecule has 1 atom stereocenters. The number of carbonyl (C=O) groups excluding carboxylic acids is 2. The normalized spacial score (nSPS) is 19.8. The third kappa shape index (κ3) is 2.67. The Kier molecular flexibility index (Phi) is 4.17. The van der Waals surface area contributed by atoms with Gasteiger partial charge >= 0.3 is 5.54 Å². The molecule has 1 aromatic carbocycles. The van der Waals surface area contributed by atoms with E-state index in [-0.39, 0.29) is 23.4 Å². The Bertz CT molecular complexity index is 807. The monoisotopic (exact) mass is 332 g/mol. The molecule has 0 aliphatic heterocycles. The number of nitrogens with zero attached hydrogens (tertiary/aromatic N) is 1. The van der Waals surface area contributed by atoms with Gasteiger partial charge < -0.3 is 15.5 Å². The largest absolute Gasteiger partial charge is 0.511 e. The third-order valence-corrected chi connectivity index (χ3v) is 3.81. The van der Waals surface area contributed by atoms with Gasteiger partial charge in [-0.25, -0.2) is 6.57 Å². The van der Waals surface area contributed by atoms with E-state index >= 15 is 0 Å². The van der Waals surface area contributed by atoms with Crippen molar-refractivity contribution < 1.29 is 19.8 Å². The second-order valence-electron chi connectivity index (χ2n) is 5.18. The molecule has 0 radical (unpaired) electrons. The molecule has 1 amide bonds. The molecule has 1 aromatic rings. The van der Waals surface area contributed by atoms with E-state index in [0.29, 0.717) is 5.02 Å². The summed E-state index contributed by atoms with van der Waals surface area (Å²) in [5.41, 5.74) is -1.75. The standard InChI is InChI=1S/C16H13ClN2O4/c1-8(20)7-19-15(23)12-13(21)10-6-9(17)4-5-11(10)16(2,18-3)14(12)22/h4-6,20-21H,1,7H2,2H3,(H,19,23)/t16-/m1/s1. The summed E-state index contributed by atoms with van der Waals surface area (Å²) >= 11 is 5.90. The lowest BCUT2D eigenvalue weighted by atomic mass is 9.76.